The predicted octanol–water partition coefficient (Wildman–Crippen LogP) is 1.78. The summed E-state index contributed by atoms with van der Waals surface area (Å²) in [5.74, 6) is 0.755. The summed E-state index contributed by atoms with van der Waals surface area (Å²) in [6.07, 6.45) is 12.6. The minimum Gasteiger partial charge on any atom is -0.395 e. The molecule has 0 aromatic heterocycles. The molecule has 1 heterocycles. The number of allylic oxidation sites excluding steroid dienone is 4. The van der Waals surface area contributed by atoms with Crippen LogP contribution in [0.15, 0.2) is 23.8 Å². The Morgan fingerprint density at radius 1 is 1.33 bits per heavy atom. The lowest BCUT2D eigenvalue weighted by atomic mass is 9.86. The highest BCUT2D eigenvalue weighted by atomic mass is 16.3. The van der Waals surface area contributed by atoms with Gasteiger partial charge in [-0.1, -0.05) is 18.2 Å². The third-order valence-electron chi connectivity index (χ3n) is 3.39. The maximum atomic E-state index is 8.86. The second-order valence-corrected chi connectivity index (χ2v) is 4.37. The summed E-state index contributed by atoms with van der Waals surface area (Å²) in [7, 11) is 0. The number of likely N-dealkylation sites (tertiary alicyclic amines) is 1. The summed E-state index contributed by atoms with van der Waals surface area (Å²) in [6, 6.07) is 0. The molecule has 1 saturated heterocycles. The molecule has 2 heteroatoms. The lowest BCUT2D eigenvalue weighted by Gasteiger charge is -2.32. The molecule has 1 aliphatic heterocycles. The molecule has 0 spiro atoms. The number of hydrogen-bond donors (Lipinski definition) is 1. The number of nitrogens with zero attached hydrogens (tertiary/aromatic N) is 1. The van der Waals surface area contributed by atoms with Crippen LogP contribution in [-0.2, 0) is 0 Å². The van der Waals surface area contributed by atoms with Gasteiger partial charge in [0.25, 0.3) is 0 Å². The third-order valence-corrected chi connectivity index (χ3v) is 3.39. The Kier molecular flexibility index (Phi) is 3.98. The van der Waals surface area contributed by atoms with Gasteiger partial charge in [-0.25, -0.2) is 0 Å². The molecule has 0 unspecified atom stereocenters. The van der Waals surface area contributed by atoms with Gasteiger partial charge >= 0.3 is 0 Å². The third kappa shape index (κ3) is 2.93. The van der Waals surface area contributed by atoms with E-state index >= 15 is 0 Å². The highest BCUT2D eigenvalue weighted by Crippen LogP contribution is 2.27. The van der Waals surface area contributed by atoms with Crippen molar-refractivity contribution in [2.45, 2.75) is 19.3 Å². The monoisotopic (exact) mass is 206 g/mol. The van der Waals surface area contributed by atoms with Gasteiger partial charge < -0.3 is 10.0 Å². The largest absolute Gasteiger partial charge is 0.395 e. The van der Waals surface area contributed by atoms with Gasteiger partial charge in [-0.2, -0.15) is 0 Å². The average molecular weight is 206 g/mol. The summed E-state index contributed by atoms with van der Waals surface area (Å²) >= 11 is 0. The van der Waals surface area contributed by atoms with Crippen molar-refractivity contribution >= 4 is 0 Å². The van der Waals surface area contributed by atoms with Crippen molar-refractivity contribution in [2.75, 3.05) is 26.2 Å². The van der Waals surface area contributed by atoms with Crippen molar-refractivity contribution in [2.24, 2.45) is 5.92 Å². The second kappa shape index (κ2) is 5.47. The first-order chi connectivity index (χ1) is 7.40. The number of rotatable bonds is 3. The van der Waals surface area contributed by atoms with E-state index in [0.29, 0.717) is 6.61 Å². The van der Waals surface area contributed by atoms with Gasteiger partial charge in [0.2, 0.25) is 0 Å². The molecule has 15 heavy (non-hydrogen) atoms. The van der Waals surface area contributed by atoms with Gasteiger partial charge in [0.05, 0.1) is 6.61 Å². The second-order valence-electron chi connectivity index (χ2n) is 4.37. The lowest BCUT2D eigenvalue weighted by Crippen LogP contribution is -2.36. The van der Waals surface area contributed by atoms with Crippen LogP contribution >= 0.6 is 0 Å². The SMILES string of the molecule is OCCN1CCC(C2=CC[CH]C=C2)CC1. The molecule has 2 rings (SSSR count). The van der Waals surface area contributed by atoms with Crippen LogP contribution in [0.4, 0.5) is 0 Å². The quantitative estimate of drug-likeness (QED) is 0.761. The van der Waals surface area contributed by atoms with Gasteiger partial charge in [0, 0.05) is 6.54 Å². The number of aliphatic hydroxyl groups is 1. The van der Waals surface area contributed by atoms with Crippen LogP contribution < -0.4 is 0 Å². The average Bonchev–Trinajstić information content (AvgIpc) is 2.32. The summed E-state index contributed by atoms with van der Waals surface area (Å²) in [5, 5.41) is 8.86. The van der Waals surface area contributed by atoms with Crippen LogP contribution in [0.5, 0.6) is 0 Å². The summed E-state index contributed by atoms with van der Waals surface area (Å²) in [6.45, 7) is 3.41. The van der Waals surface area contributed by atoms with Crippen LogP contribution in [0.25, 0.3) is 0 Å². The molecule has 2 nitrogen and oxygen atoms in total. The maximum absolute atomic E-state index is 8.86. The van der Waals surface area contributed by atoms with Crippen LogP contribution in [0, 0.1) is 12.3 Å². The van der Waals surface area contributed by atoms with Gasteiger partial charge in [0.15, 0.2) is 0 Å². The molecule has 2 aliphatic rings. The van der Waals surface area contributed by atoms with E-state index in [4.69, 9.17) is 5.11 Å². The van der Waals surface area contributed by atoms with Crippen molar-refractivity contribution in [3.63, 3.8) is 0 Å². The van der Waals surface area contributed by atoms with Crippen molar-refractivity contribution in [1.82, 2.24) is 4.90 Å². The number of aliphatic hydroxyl groups excluding tert-OH is 1. The summed E-state index contributed by atoms with van der Waals surface area (Å²) in [5.41, 5.74) is 1.53. The van der Waals surface area contributed by atoms with E-state index in [9.17, 15) is 0 Å². The Bertz CT molecular complexity index is 249. The van der Waals surface area contributed by atoms with E-state index in [-0.39, 0.29) is 0 Å². The number of β-amino-alcohol motifs (C(OH)–C–C–N with tert-alkyl or cyclic N) is 1. The molecule has 83 valence electrons. The molecule has 1 radical (unpaired) electrons. The molecule has 0 aromatic carbocycles. The molecule has 0 aromatic rings. The Labute approximate surface area is 92.3 Å². The minimum atomic E-state index is 0.294. The zero-order chi connectivity index (χ0) is 10.5. The Morgan fingerprint density at radius 3 is 2.73 bits per heavy atom. The minimum absolute atomic E-state index is 0.294. The molecule has 1 aliphatic carbocycles. The molecule has 0 amide bonds. The smallest absolute Gasteiger partial charge is 0.0558 e. The first-order valence-corrected chi connectivity index (χ1v) is 5.93. The van der Waals surface area contributed by atoms with E-state index in [1.165, 1.54) is 18.4 Å². The normalized spacial score (nSPS) is 24.2. The van der Waals surface area contributed by atoms with Crippen LogP contribution in [0.1, 0.15) is 19.3 Å². The highest BCUT2D eigenvalue weighted by molar-refractivity contribution is 5.28. The molecular weight excluding hydrogens is 186 g/mol. The first kappa shape index (κ1) is 10.9. The summed E-state index contributed by atoms with van der Waals surface area (Å²) < 4.78 is 0. The first-order valence-electron chi connectivity index (χ1n) is 5.93. The Balaban J connectivity index is 1.82. The zero-order valence-corrected chi connectivity index (χ0v) is 9.23. The van der Waals surface area contributed by atoms with E-state index < -0.39 is 0 Å². The van der Waals surface area contributed by atoms with Gasteiger partial charge in [0.1, 0.15) is 0 Å². The maximum Gasteiger partial charge on any atom is 0.0558 e. The fraction of sp³-hybridized carbons (Fsp3) is 0.615. The van der Waals surface area contributed by atoms with Crippen LogP contribution in [0.2, 0.25) is 0 Å². The van der Waals surface area contributed by atoms with Crippen molar-refractivity contribution < 1.29 is 5.11 Å². The van der Waals surface area contributed by atoms with Crippen molar-refractivity contribution in [3.05, 3.63) is 30.2 Å². The molecule has 0 saturated carbocycles. The zero-order valence-electron chi connectivity index (χ0n) is 9.23. The topological polar surface area (TPSA) is 23.5 Å². The summed E-state index contributed by atoms with van der Waals surface area (Å²) in [4.78, 5) is 2.36. The molecule has 1 fully saturated rings. The number of hydrogen-bond acceptors (Lipinski definition) is 2. The fourth-order valence-electron chi connectivity index (χ4n) is 2.46. The molecule has 0 atom stereocenters. The van der Waals surface area contributed by atoms with E-state index in [0.717, 1.165) is 32.0 Å². The predicted molar refractivity (Wildman–Crippen MR) is 62.4 cm³/mol. The van der Waals surface area contributed by atoms with E-state index in [1.54, 1.807) is 0 Å². The van der Waals surface area contributed by atoms with Crippen LogP contribution in [-0.4, -0.2) is 36.2 Å². The molecule has 1 N–H and O–H groups in total. The van der Waals surface area contributed by atoms with Crippen LogP contribution in [0.3, 0.4) is 0 Å². The highest BCUT2D eigenvalue weighted by Gasteiger charge is 2.20. The molecular formula is C13H20NO. The fourth-order valence-corrected chi connectivity index (χ4v) is 2.46. The van der Waals surface area contributed by atoms with Gasteiger partial charge in [-0.15, -0.1) is 0 Å². The van der Waals surface area contributed by atoms with E-state index in [1.807, 2.05) is 0 Å². The lowest BCUT2D eigenvalue weighted by molar-refractivity contribution is 0.157. The van der Waals surface area contributed by atoms with Crippen molar-refractivity contribution in [3.8, 4) is 0 Å². The Morgan fingerprint density at radius 2 is 2.13 bits per heavy atom. The standard InChI is InChI=1S/C13H20NO/c15-11-10-14-8-6-13(7-9-14)12-4-2-1-3-5-12/h1-2,4-5,13,15H,3,6-11H2. The van der Waals surface area contributed by atoms with E-state index in [2.05, 4.69) is 29.5 Å². The van der Waals surface area contributed by atoms with Gasteiger partial charge in [-0.3, -0.25) is 0 Å². The molecule has 0 bridgehead atoms. The number of piperidine rings is 1. The van der Waals surface area contributed by atoms with Gasteiger partial charge in [-0.05, 0) is 50.3 Å². The van der Waals surface area contributed by atoms with Crippen molar-refractivity contribution in [1.29, 1.82) is 0 Å². The Hall–Kier alpha value is -0.600.